The minimum Gasteiger partial charge on any atom is -0.269 e. The van der Waals surface area contributed by atoms with Crippen molar-refractivity contribution in [3.8, 4) is 0 Å². The highest BCUT2D eigenvalue weighted by Crippen LogP contribution is 1.97. The molecule has 10 heavy (non-hydrogen) atoms. The number of alkyl halides is 2. The number of nitrogens with one attached hydrogen (secondary N) is 1. The van der Waals surface area contributed by atoms with Gasteiger partial charge in [-0.3, -0.25) is 9.18 Å². The monoisotopic (exact) mass is 177 g/mol. The Morgan fingerprint density at radius 3 is 2.40 bits per heavy atom. The molecule has 0 fully saturated rings. The van der Waals surface area contributed by atoms with E-state index in [2.05, 4.69) is 0 Å². The van der Waals surface area contributed by atoms with Gasteiger partial charge in [0.15, 0.2) is 6.17 Å². The zero-order chi connectivity index (χ0) is 7.28. The van der Waals surface area contributed by atoms with Gasteiger partial charge in [0.1, 0.15) is 0 Å². The lowest BCUT2D eigenvalue weighted by Crippen LogP contribution is -2.26. The topological polar surface area (TPSA) is 29.1 Å². The molecule has 0 aromatic heterocycles. The van der Waals surface area contributed by atoms with Crippen molar-refractivity contribution in [2.75, 3.05) is 6.67 Å². The lowest BCUT2D eigenvalue weighted by Gasteiger charge is -1.98. The van der Waals surface area contributed by atoms with Gasteiger partial charge in [0.2, 0.25) is 0 Å². The van der Waals surface area contributed by atoms with Crippen molar-refractivity contribution < 1.29 is 18.1 Å². The van der Waals surface area contributed by atoms with Crippen molar-refractivity contribution >= 4 is 18.3 Å². The maximum atomic E-state index is 11.9. The van der Waals surface area contributed by atoms with Crippen LogP contribution in [0.4, 0.5) is 13.3 Å². The van der Waals surface area contributed by atoms with Gasteiger partial charge in [-0.05, 0) is 0 Å². The summed E-state index contributed by atoms with van der Waals surface area (Å²) in [6.45, 7) is -0.964. The summed E-state index contributed by atoms with van der Waals surface area (Å²) in [5, 5.41) is 0. The van der Waals surface area contributed by atoms with Crippen LogP contribution in [-0.2, 0) is 4.79 Å². The molecule has 0 saturated carbocycles. The Hall–Kier alpha value is -0.450. The quantitative estimate of drug-likeness (QED) is 0.643. The lowest BCUT2D eigenvalue weighted by molar-refractivity contribution is -0.130. The predicted octanol–water partition coefficient (Wildman–Crippen LogP) is 1.11. The molecule has 62 valence electrons. The van der Waals surface area contributed by atoms with Crippen LogP contribution in [0.3, 0.4) is 0 Å². The summed E-state index contributed by atoms with van der Waals surface area (Å²) in [6.07, 6.45) is -2.66. The fraction of sp³-hybridized carbons (Fsp3) is 0.750. The Morgan fingerprint density at radius 1 is 1.60 bits per heavy atom. The number of hydrogen-bond acceptors (Lipinski definition) is 1. The normalized spacial score (nSPS) is 11.5. The highest BCUT2D eigenvalue weighted by Gasteiger charge is 2.15. The molecule has 1 unspecified atom stereocenters. The summed E-state index contributed by atoms with van der Waals surface area (Å²) in [4.78, 5) is 9.87. The van der Waals surface area contributed by atoms with Gasteiger partial charge in [-0.15, -0.1) is 16.9 Å². The second-order valence-corrected chi connectivity index (χ2v) is 1.40. The third-order valence-electron chi connectivity index (χ3n) is 0.740. The Kier molecular flexibility index (Phi) is 8.17. The minimum absolute atomic E-state index is 0. The second-order valence-electron chi connectivity index (χ2n) is 1.40. The highest BCUT2D eigenvalue weighted by atomic mass is 35.5. The fourth-order valence-electron chi connectivity index (χ4n) is 0.286. The van der Waals surface area contributed by atoms with Crippen LogP contribution in [0.25, 0.3) is 0 Å². The lowest BCUT2D eigenvalue weighted by atomic mass is 10.3. The molecule has 0 bridgehead atoms. The number of hydrogen-bond donors (Lipinski definition) is 1. The summed E-state index contributed by atoms with van der Waals surface area (Å²) >= 11 is 0. The number of carbonyl (C=O) groups is 1. The van der Waals surface area contributed by atoms with Crippen molar-refractivity contribution in [1.82, 2.24) is 5.54 Å². The van der Waals surface area contributed by atoms with Gasteiger partial charge in [-0.1, -0.05) is 0 Å². The van der Waals surface area contributed by atoms with Gasteiger partial charge in [0, 0.05) is 6.42 Å². The molecular weight excluding hydrogens is 170 g/mol. The molecule has 0 aliphatic carbocycles. The van der Waals surface area contributed by atoms with Gasteiger partial charge in [-0.2, -0.15) is 5.54 Å². The highest BCUT2D eigenvalue weighted by molar-refractivity contribution is 5.85. The second kappa shape index (κ2) is 6.67. The molecule has 2 nitrogen and oxygen atoms in total. The number of rotatable bonds is 3. The largest absolute Gasteiger partial charge is 0.282 e. The van der Waals surface area contributed by atoms with Crippen molar-refractivity contribution in [1.29, 1.82) is 0 Å². The van der Waals surface area contributed by atoms with Crippen molar-refractivity contribution in [2.45, 2.75) is 12.6 Å². The van der Waals surface area contributed by atoms with Gasteiger partial charge < -0.3 is 0 Å². The third-order valence-corrected chi connectivity index (χ3v) is 0.740. The van der Waals surface area contributed by atoms with E-state index in [1.165, 1.54) is 0 Å². The van der Waals surface area contributed by atoms with Crippen molar-refractivity contribution in [3.05, 3.63) is 0 Å². The predicted molar refractivity (Wildman–Crippen MR) is 32.0 cm³/mol. The third kappa shape index (κ3) is 4.43. The Morgan fingerprint density at radius 2 is 2.10 bits per heavy atom. The molecule has 6 heteroatoms. The first-order valence-corrected chi connectivity index (χ1v) is 2.33. The maximum absolute atomic E-state index is 11.9. The van der Waals surface area contributed by atoms with E-state index < -0.39 is 25.2 Å². The van der Waals surface area contributed by atoms with E-state index in [1.807, 2.05) is 0 Å². The Labute approximate surface area is 62.1 Å². The summed E-state index contributed by atoms with van der Waals surface area (Å²) in [5.74, 6) is -1.42. The van der Waals surface area contributed by atoms with Gasteiger partial charge in [0.25, 0.3) is 5.91 Å². The van der Waals surface area contributed by atoms with Crippen molar-refractivity contribution in [3.63, 3.8) is 0 Å². The molecule has 1 N–H and O–H groups in total. The van der Waals surface area contributed by atoms with Crippen LogP contribution in [0.15, 0.2) is 0 Å². The maximum Gasteiger partial charge on any atom is 0.282 e. The van der Waals surface area contributed by atoms with E-state index >= 15 is 0 Å². The van der Waals surface area contributed by atoms with Crippen LogP contribution in [0.1, 0.15) is 6.42 Å². The summed E-state index contributed by atoms with van der Waals surface area (Å²) in [6, 6.07) is 0. The molecule has 1 amide bonds. The molecular formula is C4H7ClF3NO. The summed E-state index contributed by atoms with van der Waals surface area (Å²) < 4.78 is 34.1. The smallest absolute Gasteiger partial charge is 0.269 e. The van der Waals surface area contributed by atoms with E-state index in [1.54, 1.807) is 0 Å². The number of amides is 1. The van der Waals surface area contributed by atoms with Crippen LogP contribution in [-0.4, -0.2) is 18.8 Å². The van der Waals surface area contributed by atoms with Crippen LogP contribution in [0, 0.1) is 0 Å². The number of carbonyl (C=O) groups excluding carboxylic acids is 1. The molecule has 0 rings (SSSR count). The van der Waals surface area contributed by atoms with Crippen LogP contribution in [0.5, 0.6) is 0 Å². The van der Waals surface area contributed by atoms with E-state index in [0.29, 0.717) is 5.54 Å². The van der Waals surface area contributed by atoms with Crippen LogP contribution >= 0.6 is 12.4 Å². The van der Waals surface area contributed by atoms with Crippen molar-refractivity contribution in [2.24, 2.45) is 0 Å². The first kappa shape index (κ1) is 12.2. The fourth-order valence-corrected chi connectivity index (χ4v) is 0.286. The summed E-state index contributed by atoms with van der Waals surface area (Å²) in [7, 11) is 0. The average Bonchev–Trinajstić information content (AvgIpc) is 1.87. The van der Waals surface area contributed by atoms with Gasteiger partial charge >= 0.3 is 0 Å². The van der Waals surface area contributed by atoms with Crippen LogP contribution in [0.2, 0.25) is 0 Å². The molecule has 0 radical (unpaired) electrons. The standard InChI is InChI=1S/C4H6F3NO.ClH/c5-2-1-3(6)4(9)8-7;/h3H,1-2H2,(H,8,9);1H. The Bertz CT molecular complexity index is 103. The molecule has 0 heterocycles. The molecule has 1 atom stereocenters. The zero-order valence-electron chi connectivity index (χ0n) is 4.94. The van der Waals surface area contributed by atoms with E-state index in [9.17, 15) is 18.1 Å². The molecule has 0 saturated heterocycles. The average molecular weight is 178 g/mol. The van der Waals surface area contributed by atoms with Gasteiger partial charge in [0.05, 0.1) is 6.67 Å². The molecule has 0 aliphatic rings. The van der Waals surface area contributed by atoms with E-state index in [4.69, 9.17) is 0 Å². The minimum atomic E-state index is -2.07. The first-order valence-electron chi connectivity index (χ1n) is 2.33. The summed E-state index contributed by atoms with van der Waals surface area (Å²) in [5.41, 5.74) is 0.569. The number of halogens is 4. The molecule has 0 aliphatic heterocycles. The zero-order valence-corrected chi connectivity index (χ0v) is 5.76. The van der Waals surface area contributed by atoms with Gasteiger partial charge in [-0.25, -0.2) is 4.39 Å². The first-order chi connectivity index (χ1) is 4.22. The van der Waals surface area contributed by atoms with E-state index in [-0.39, 0.29) is 12.4 Å². The SMILES string of the molecule is Cl.O=C(NF)C(F)CCF. The molecule has 0 aromatic rings. The Balaban J connectivity index is 0. The molecule has 0 aromatic carbocycles. The van der Waals surface area contributed by atoms with Crippen LogP contribution < -0.4 is 5.54 Å². The molecule has 0 spiro atoms. The van der Waals surface area contributed by atoms with E-state index in [0.717, 1.165) is 0 Å².